The molecule has 2 aromatic carbocycles. The minimum Gasteiger partial charge on any atom is -0.310 e. The number of hydrogen-bond donors (Lipinski definition) is 1. The van der Waals surface area contributed by atoms with E-state index < -0.39 is 17.5 Å². The highest BCUT2D eigenvalue weighted by molar-refractivity contribution is 5.26. The molecule has 0 saturated heterocycles. The van der Waals surface area contributed by atoms with E-state index in [0.717, 1.165) is 12.5 Å². The lowest BCUT2D eigenvalue weighted by atomic mass is 10.0. The normalized spacial score (nSPS) is 12.4. The van der Waals surface area contributed by atoms with Crippen LogP contribution in [0, 0.1) is 24.4 Å². The maximum atomic E-state index is 13.5. The van der Waals surface area contributed by atoms with Gasteiger partial charge in [0.1, 0.15) is 5.82 Å². The first-order valence-corrected chi connectivity index (χ1v) is 6.88. The minimum absolute atomic E-state index is 0.0959. The summed E-state index contributed by atoms with van der Waals surface area (Å²) in [4.78, 5) is 0. The monoisotopic (exact) mass is 293 g/mol. The van der Waals surface area contributed by atoms with Crippen molar-refractivity contribution < 1.29 is 13.2 Å². The summed E-state index contributed by atoms with van der Waals surface area (Å²) >= 11 is 0. The molecule has 0 aliphatic rings. The van der Waals surface area contributed by atoms with E-state index >= 15 is 0 Å². The molecule has 21 heavy (non-hydrogen) atoms. The second kappa shape index (κ2) is 6.76. The highest BCUT2D eigenvalue weighted by atomic mass is 19.2. The Kier molecular flexibility index (Phi) is 5.02. The summed E-state index contributed by atoms with van der Waals surface area (Å²) in [5, 5.41) is 3.13. The fraction of sp³-hybridized carbons (Fsp3) is 0.294. The summed E-state index contributed by atoms with van der Waals surface area (Å²) in [6.45, 7) is 4.18. The van der Waals surface area contributed by atoms with E-state index in [1.165, 1.54) is 11.1 Å². The standard InChI is InChI=1S/C17H18F3N/c1-11-5-3-4-6-13(11)7-12(2)21-10-14-8-16(19)17(20)9-15(14)18/h3-6,8-9,12,21H,7,10H2,1-2H3. The highest BCUT2D eigenvalue weighted by Gasteiger charge is 2.11. The molecule has 2 aromatic rings. The number of nitrogens with one attached hydrogen (secondary N) is 1. The minimum atomic E-state index is -1.16. The van der Waals surface area contributed by atoms with E-state index in [4.69, 9.17) is 0 Å². The lowest BCUT2D eigenvalue weighted by Gasteiger charge is -2.16. The van der Waals surface area contributed by atoms with Crippen molar-refractivity contribution in [2.75, 3.05) is 0 Å². The smallest absolute Gasteiger partial charge is 0.161 e. The molecule has 0 aliphatic heterocycles. The van der Waals surface area contributed by atoms with Gasteiger partial charge in [0.05, 0.1) is 0 Å². The molecule has 0 heterocycles. The Morgan fingerprint density at radius 1 is 0.952 bits per heavy atom. The average molecular weight is 293 g/mol. The third-order valence-electron chi connectivity index (χ3n) is 3.52. The van der Waals surface area contributed by atoms with Gasteiger partial charge in [-0.1, -0.05) is 24.3 Å². The second-order valence-corrected chi connectivity index (χ2v) is 5.27. The van der Waals surface area contributed by atoms with Crippen molar-refractivity contribution in [3.63, 3.8) is 0 Å². The van der Waals surface area contributed by atoms with Crippen LogP contribution in [-0.2, 0) is 13.0 Å². The van der Waals surface area contributed by atoms with Crippen LogP contribution in [0.4, 0.5) is 13.2 Å². The first-order valence-electron chi connectivity index (χ1n) is 6.88. The molecule has 0 spiro atoms. The van der Waals surface area contributed by atoms with Gasteiger partial charge >= 0.3 is 0 Å². The van der Waals surface area contributed by atoms with Crippen LogP contribution >= 0.6 is 0 Å². The van der Waals surface area contributed by atoms with Crippen LogP contribution in [-0.4, -0.2) is 6.04 Å². The summed E-state index contributed by atoms with van der Waals surface area (Å²) in [7, 11) is 0. The number of hydrogen-bond acceptors (Lipinski definition) is 1. The van der Waals surface area contributed by atoms with Crippen LogP contribution in [0.15, 0.2) is 36.4 Å². The molecule has 1 atom stereocenters. The van der Waals surface area contributed by atoms with Crippen molar-refractivity contribution in [3.8, 4) is 0 Å². The van der Waals surface area contributed by atoms with E-state index in [2.05, 4.69) is 5.32 Å². The molecule has 4 heteroatoms. The molecule has 0 saturated carbocycles. The van der Waals surface area contributed by atoms with E-state index in [1.54, 1.807) is 0 Å². The van der Waals surface area contributed by atoms with Gasteiger partial charge in [-0.2, -0.15) is 0 Å². The van der Waals surface area contributed by atoms with Gasteiger partial charge in [0.25, 0.3) is 0 Å². The van der Waals surface area contributed by atoms with E-state index in [1.807, 2.05) is 38.1 Å². The van der Waals surface area contributed by atoms with Crippen molar-refractivity contribution in [2.45, 2.75) is 32.9 Å². The van der Waals surface area contributed by atoms with Gasteiger partial charge in [0, 0.05) is 24.2 Å². The number of rotatable bonds is 5. The Labute approximate surface area is 122 Å². The van der Waals surface area contributed by atoms with Crippen LogP contribution < -0.4 is 5.32 Å². The lowest BCUT2D eigenvalue weighted by Crippen LogP contribution is -2.28. The molecule has 0 bridgehead atoms. The molecule has 0 aromatic heterocycles. The van der Waals surface area contributed by atoms with Crippen molar-refractivity contribution >= 4 is 0 Å². The maximum Gasteiger partial charge on any atom is 0.161 e. The highest BCUT2D eigenvalue weighted by Crippen LogP contribution is 2.14. The molecule has 0 radical (unpaired) electrons. The first-order chi connectivity index (χ1) is 9.97. The molecular weight excluding hydrogens is 275 g/mol. The van der Waals surface area contributed by atoms with Gasteiger partial charge in [0.15, 0.2) is 11.6 Å². The molecule has 0 fully saturated rings. The summed E-state index contributed by atoms with van der Waals surface area (Å²) in [5.41, 5.74) is 2.54. The Bertz CT molecular complexity index is 625. The van der Waals surface area contributed by atoms with Gasteiger partial charge in [-0.05, 0) is 37.5 Å². The molecule has 1 N–H and O–H groups in total. The van der Waals surface area contributed by atoms with Crippen molar-refractivity contribution in [1.29, 1.82) is 0 Å². The summed E-state index contributed by atoms with van der Waals surface area (Å²) in [6, 6.07) is 9.62. The third-order valence-corrected chi connectivity index (χ3v) is 3.52. The fourth-order valence-electron chi connectivity index (χ4n) is 2.22. The summed E-state index contributed by atoms with van der Waals surface area (Å²) in [5.74, 6) is -2.92. The second-order valence-electron chi connectivity index (χ2n) is 5.27. The van der Waals surface area contributed by atoms with Gasteiger partial charge < -0.3 is 5.32 Å². The molecule has 1 unspecified atom stereocenters. The largest absolute Gasteiger partial charge is 0.310 e. The van der Waals surface area contributed by atoms with E-state index in [0.29, 0.717) is 6.07 Å². The number of benzene rings is 2. The predicted octanol–water partition coefficient (Wildman–Crippen LogP) is 4.13. The van der Waals surface area contributed by atoms with E-state index in [-0.39, 0.29) is 18.2 Å². The van der Waals surface area contributed by atoms with Gasteiger partial charge in [-0.15, -0.1) is 0 Å². The number of aryl methyl sites for hydroxylation is 1. The van der Waals surface area contributed by atoms with Gasteiger partial charge in [0.2, 0.25) is 0 Å². The zero-order chi connectivity index (χ0) is 15.4. The Balaban J connectivity index is 1.97. The molecular formula is C17H18F3N. The van der Waals surface area contributed by atoms with Gasteiger partial charge in [-0.25, -0.2) is 13.2 Å². The molecule has 112 valence electrons. The van der Waals surface area contributed by atoms with Crippen LogP contribution in [0.5, 0.6) is 0 Å². The fourth-order valence-corrected chi connectivity index (χ4v) is 2.22. The zero-order valence-corrected chi connectivity index (χ0v) is 12.1. The zero-order valence-electron chi connectivity index (χ0n) is 12.1. The third kappa shape index (κ3) is 4.08. The van der Waals surface area contributed by atoms with E-state index in [9.17, 15) is 13.2 Å². The number of halogens is 3. The Morgan fingerprint density at radius 2 is 1.62 bits per heavy atom. The first kappa shape index (κ1) is 15.6. The van der Waals surface area contributed by atoms with Crippen molar-refractivity contribution in [2.24, 2.45) is 0 Å². The topological polar surface area (TPSA) is 12.0 Å². The summed E-state index contributed by atoms with van der Waals surface area (Å²) < 4.78 is 39.5. The van der Waals surface area contributed by atoms with Crippen LogP contribution in [0.1, 0.15) is 23.6 Å². The van der Waals surface area contributed by atoms with Gasteiger partial charge in [-0.3, -0.25) is 0 Å². The average Bonchev–Trinajstić information content (AvgIpc) is 2.44. The van der Waals surface area contributed by atoms with Crippen molar-refractivity contribution in [3.05, 3.63) is 70.5 Å². The van der Waals surface area contributed by atoms with Crippen LogP contribution in [0.25, 0.3) is 0 Å². The predicted molar refractivity (Wildman–Crippen MR) is 77.5 cm³/mol. The molecule has 2 rings (SSSR count). The van der Waals surface area contributed by atoms with Crippen molar-refractivity contribution in [1.82, 2.24) is 5.32 Å². The molecule has 0 amide bonds. The summed E-state index contributed by atoms with van der Waals surface area (Å²) in [6.07, 6.45) is 0.790. The molecule has 1 nitrogen and oxygen atoms in total. The maximum absolute atomic E-state index is 13.5. The molecule has 0 aliphatic carbocycles. The quantitative estimate of drug-likeness (QED) is 0.817. The van der Waals surface area contributed by atoms with Crippen LogP contribution in [0.3, 0.4) is 0 Å². The Hall–Kier alpha value is -1.81. The van der Waals surface area contributed by atoms with Crippen LogP contribution in [0.2, 0.25) is 0 Å². The lowest BCUT2D eigenvalue weighted by molar-refractivity contribution is 0.479. The SMILES string of the molecule is Cc1ccccc1CC(C)NCc1cc(F)c(F)cc1F. The Morgan fingerprint density at radius 3 is 2.33 bits per heavy atom.